The molecule has 0 bridgehead atoms. The molecule has 1 aromatic heterocycles. The van der Waals surface area contributed by atoms with Gasteiger partial charge < -0.3 is 15.3 Å². The number of rotatable bonds is 10. The average Bonchev–Trinajstić information content (AvgIpc) is 2.45. The van der Waals surface area contributed by atoms with Gasteiger partial charge in [0.2, 0.25) is 0 Å². The van der Waals surface area contributed by atoms with Gasteiger partial charge in [-0.3, -0.25) is 4.98 Å². The summed E-state index contributed by atoms with van der Waals surface area (Å²) in [4.78, 5) is 6.39. The lowest BCUT2D eigenvalue weighted by Gasteiger charge is -2.32. The highest BCUT2D eigenvalue weighted by Crippen LogP contribution is 2.13. The van der Waals surface area contributed by atoms with Gasteiger partial charge in [0, 0.05) is 30.5 Å². The minimum Gasteiger partial charge on any atom is -0.394 e. The first kappa shape index (κ1) is 18.1. The topological polar surface area (TPSA) is 48.4 Å². The van der Waals surface area contributed by atoms with Crippen molar-refractivity contribution in [3.63, 3.8) is 0 Å². The van der Waals surface area contributed by atoms with E-state index in [1.807, 2.05) is 12.4 Å². The fourth-order valence-corrected chi connectivity index (χ4v) is 2.61. The predicted octanol–water partition coefficient (Wildman–Crippen LogP) is 2.09. The Balaban J connectivity index is 2.24. The molecule has 4 heteroatoms. The summed E-state index contributed by atoms with van der Waals surface area (Å²) in [5, 5.41) is 13.0. The molecule has 0 aromatic carbocycles. The second-order valence-electron chi connectivity index (χ2n) is 6.53. The maximum absolute atomic E-state index is 9.57. The van der Waals surface area contributed by atoms with Crippen LogP contribution in [0.25, 0.3) is 0 Å². The summed E-state index contributed by atoms with van der Waals surface area (Å²) in [6.45, 7) is 8.64. The van der Waals surface area contributed by atoms with Crippen LogP contribution >= 0.6 is 0 Å². The van der Waals surface area contributed by atoms with Crippen LogP contribution in [0.15, 0.2) is 24.5 Å². The first-order valence-electron chi connectivity index (χ1n) is 7.91. The third-order valence-electron chi connectivity index (χ3n) is 3.79. The lowest BCUT2D eigenvalue weighted by atomic mass is 9.95. The normalized spacial score (nSPS) is 14.6. The number of pyridine rings is 1. The van der Waals surface area contributed by atoms with Gasteiger partial charge in [0.05, 0.1) is 6.61 Å². The van der Waals surface area contributed by atoms with E-state index in [2.05, 4.69) is 55.2 Å². The van der Waals surface area contributed by atoms with Crippen LogP contribution < -0.4 is 5.32 Å². The first-order valence-corrected chi connectivity index (χ1v) is 7.91. The van der Waals surface area contributed by atoms with E-state index in [-0.39, 0.29) is 12.1 Å². The molecule has 21 heavy (non-hydrogen) atoms. The summed E-state index contributed by atoms with van der Waals surface area (Å²) in [7, 11) is 2.16. The Morgan fingerprint density at radius 3 is 2.52 bits per heavy atom. The molecule has 0 aliphatic carbocycles. The van der Waals surface area contributed by atoms with Crippen LogP contribution in [0.1, 0.15) is 39.2 Å². The summed E-state index contributed by atoms with van der Waals surface area (Å²) in [5.41, 5.74) is 1.17. The highest BCUT2D eigenvalue weighted by molar-refractivity contribution is 5.09. The van der Waals surface area contributed by atoms with Crippen molar-refractivity contribution in [1.29, 1.82) is 0 Å². The van der Waals surface area contributed by atoms with E-state index < -0.39 is 0 Å². The molecule has 1 unspecified atom stereocenters. The van der Waals surface area contributed by atoms with E-state index in [9.17, 15) is 5.11 Å². The highest BCUT2D eigenvalue weighted by atomic mass is 16.3. The van der Waals surface area contributed by atoms with Gasteiger partial charge in [0.1, 0.15) is 0 Å². The Morgan fingerprint density at radius 1 is 1.29 bits per heavy atom. The molecule has 1 heterocycles. The molecule has 1 rings (SSSR count). The van der Waals surface area contributed by atoms with Gasteiger partial charge in [-0.1, -0.05) is 13.8 Å². The molecule has 0 aliphatic rings. The lowest BCUT2D eigenvalue weighted by Crippen LogP contribution is -2.49. The van der Waals surface area contributed by atoms with Crippen LogP contribution in [-0.2, 0) is 6.42 Å². The van der Waals surface area contributed by atoms with E-state index in [1.54, 1.807) is 0 Å². The molecule has 0 aliphatic heterocycles. The molecule has 0 radical (unpaired) electrons. The van der Waals surface area contributed by atoms with Crippen LogP contribution in [0.3, 0.4) is 0 Å². The highest BCUT2D eigenvalue weighted by Gasteiger charge is 2.23. The second-order valence-corrected chi connectivity index (χ2v) is 6.53. The predicted molar refractivity (Wildman–Crippen MR) is 88.4 cm³/mol. The summed E-state index contributed by atoms with van der Waals surface area (Å²) < 4.78 is 0. The quantitative estimate of drug-likeness (QED) is 0.693. The van der Waals surface area contributed by atoms with Crippen molar-refractivity contribution in [2.75, 3.05) is 26.7 Å². The molecule has 0 saturated carbocycles. The summed E-state index contributed by atoms with van der Waals surface area (Å²) in [6.07, 6.45) is 6.82. The van der Waals surface area contributed by atoms with Crippen LogP contribution in [0.5, 0.6) is 0 Å². The molecule has 0 amide bonds. The maximum Gasteiger partial charge on any atom is 0.0610 e. The maximum atomic E-state index is 9.57. The van der Waals surface area contributed by atoms with Gasteiger partial charge in [-0.2, -0.15) is 0 Å². The molecular weight excluding hydrogens is 262 g/mol. The van der Waals surface area contributed by atoms with Crippen LogP contribution in [-0.4, -0.2) is 53.3 Å². The molecule has 2 N–H and O–H groups in total. The van der Waals surface area contributed by atoms with Gasteiger partial charge in [0.15, 0.2) is 0 Å². The Kier molecular flexibility index (Phi) is 7.86. The number of hydrogen-bond acceptors (Lipinski definition) is 4. The lowest BCUT2D eigenvalue weighted by molar-refractivity contribution is 0.150. The van der Waals surface area contributed by atoms with E-state index in [1.165, 1.54) is 5.56 Å². The van der Waals surface area contributed by atoms with Crippen molar-refractivity contribution in [1.82, 2.24) is 15.2 Å². The Morgan fingerprint density at radius 2 is 1.95 bits per heavy atom. The summed E-state index contributed by atoms with van der Waals surface area (Å²) in [6, 6.07) is 4.54. The molecule has 4 nitrogen and oxygen atoms in total. The van der Waals surface area contributed by atoms with Gasteiger partial charge in [0.25, 0.3) is 0 Å². The molecule has 0 spiro atoms. The van der Waals surface area contributed by atoms with Crippen LogP contribution in [0.2, 0.25) is 0 Å². The standard InChI is InChI=1S/C17H31N3O/c1-15(2)19-17(3,14-21)9-5-12-20(4)13-8-16-6-10-18-11-7-16/h6-7,10-11,15,19,21H,5,8-9,12-14H2,1-4H3. The molecule has 120 valence electrons. The molecule has 0 fully saturated rings. The minimum atomic E-state index is -0.167. The Bertz CT molecular complexity index is 383. The first-order chi connectivity index (χ1) is 9.95. The number of aliphatic hydroxyl groups is 1. The average molecular weight is 293 g/mol. The van der Waals surface area contributed by atoms with Crippen molar-refractivity contribution >= 4 is 0 Å². The number of likely N-dealkylation sites (N-methyl/N-ethyl adjacent to an activating group) is 1. The minimum absolute atomic E-state index is 0.167. The van der Waals surface area contributed by atoms with Crippen molar-refractivity contribution in [3.8, 4) is 0 Å². The summed E-state index contributed by atoms with van der Waals surface area (Å²) in [5.74, 6) is 0. The number of aliphatic hydroxyl groups excluding tert-OH is 1. The van der Waals surface area contributed by atoms with Gasteiger partial charge in [-0.25, -0.2) is 0 Å². The third-order valence-corrected chi connectivity index (χ3v) is 3.79. The zero-order valence-corrected chi connectivity index (χ0v) is 14.0. The Hall–Kier alpha value is -0.970. The number of aromatic nitrogens is 1. The fraction of sp³-hybridized carbons (Fsp3) is 0.706. The monoisotopic (exact) mass is 293 g/mol. The SMILES string of the molecule is CC(C)NC(C)(CO)CCCN(C)CCc1ccncc1. The van der Waals surface area contributed by atoms with Crippen LogP contribution in [0.4, 0.5) is 0 Å². The molecule has 1 atom stereocenters. The third kappa shape index (κ3) is 7.55. The van der Waals surface area contributed by atoms with Crippen molar-refractivity contribution < 1.29 is 5.11 Å². The van der Waals surface area contributed by atoms with Gasteiger partial charge in [-0.15, -0.1) is 0 Å². The number of hydrogen-bond donors (Lipinski definition) is 2. The number of nitrogens with one attached hydrogen (secondary N) is 1. The zero-order valence-electron chi connectivity index (χ0n) is 14.0. The van der Waals surface area contributed by atoms with Gasteiger partial charge in [-0.05, 0) is 57.5 Å². The molecular formula is C17H31N3O. The fourth-order valence-electron chi connectivity index (χ4n) is 2.61. The summed E-state index contributed by atoms with van der Waals surface area (Å²) >= 11 is 0. The van der Waals surface area contributed by atoms with Crippen molar-refractivity contribution in [2.45, 2.75) is 51.6 Å². The molecule has 0 saturated heterocycles. The van der Waals surface area contributed by atoms with Gasteiger partial charge >= 0.3 is 0 Å². The van der Waals surface area contributed by atoms with E-state index >= 15 is 0 Å². The van der Waals surface area contributed by atoms with Crippen molar-refractivity contribution in [3.05, 3.63) is 30.1 Å². The Labute approximate surface area is 129 Å². The second kappa shape index (κ2) is 9.13. The van der Waals surface area contributed by atoms with E-state index in [4.69, 9.17) is 0 Å². The zero-order chi connectivity index (χ0) is 15.7. The van der Waals surface area contributed by atoms with E-state index in [0.717, 1.165) is 32.4 Å². The largest absolute Gasteiger partial charge is 0.394 e. The smallest absolute Gasteiger partial charge is 0.0610 e. The van der Waals surface area contributed by atoms with Crippen molar-refractivity contribution in [2.24, 2.45) is 0 Å². The van der Waals surface area contributed by atoms with Crippen LogP contribution in [0, 0.1) is 0 Å². The molecule has 1 aromatic rings. The number of nitrogens with zero attached hydrogens (tertiary/aromatic N) is 2. The van der Waals surface area contributed by atoms with E-state index in [0.29, 0.717) is 6.04 Å².